The smallest absolute Gasteiger partial charge is 0.224 e. The number of hydrogen-bond donors (Lipinski definition) is 2. The van der Waals surface area contributed by atoms with E-state index < -0.39 is 0 Å². The third kappa shape index (κ3) is 6.12. The maximum atomic E-state index is 11.8. The lowest BCUT2D eigenvalue weighted by Crippen LogP contribution is -2.15. The molecule has 0 unspecified atom stereocenters. The van der Waals surface area contributed by atoms with Crippen LogP contribution in [-0.4, -0.2) is 19.5 Å². The first-order chi connectivity index (χ1) is 11.2. The van der Waals surface area contributed by atoms with Crippen molar-refractivity contribution in [1.82, 2.24) is 5.32 Å². The van der Waals surface area contributed by atoms with Crippen LogP contribution in [-0.2, 0) is 11.4 Å². The molecule has 0 heterocycles. The Labute approximate surface area is 137 Å². The summed E-state index contributed by atoms with van der Waals surface area (Å²) < 4.78 is 5.81. The highest BCUT2D eigenvalue weighted by molar-refractivity contribution is 5.90. The largest absolute Gasteiger partial charge is 0.489 e. The van der Waals surface area contributed by atoms with Gasteiger partial charge < -0.3 is 15.4 Å². The molecule has 2 aromatic rings. The highest BCUT2D eigenvalue weighted by atomic mass is 16.5. The molecule has 2 N–H and O–H groups in total. The molecule has 2 rings (SSSR count). The van der Waals surface area contributed by atoms with E-state index >= 15 is 0 Å². The van der Waals surface area contributed by atoms with Gasteiger partial charge in [0.25, 0.3) is 0 Å². The molecule has 0 bridgehead atoms. The zero-order valence-electron chi connectivity index (χ0n) is 13.8. The minimum Gasteiger partial charge on any atom is -0.489 e. The highest BCUT2D eigenvalue weighted by Crippen LogP contribution is 2.19. The third-order valence-corrected chi connectivity index (χ3v) is 3.44. The van der Waals surface area contributed by atoms with Gasteiger partial charge in [0, 0.05) is 18.2 Å². The lowest BCUT2D eigenvalue weighted by Gasteiger charge is -2.10. The van der Waals surface area contributed by atoms with Gasteiger partial charge in [0.2, 0.25) is 5.91 Å². The highest BCUT2D eigenvalue weighted by Gasteiger charge is 2.03. The molecule has 23 heavy (non-hydrogen) atoms. The molecule has 0 aliphatic heterocycles. The van der Waals surface area contributed by atoms with Crippen LogP contribution in [0.1, 0.15) is 24.0 Å². The van der Waals surface area contributed by atoms with Crippen molar-refractivity contribution in [3.8, 4) is 5.75 Å². The standard InChI is InChI=1S/C19H24N2O2/c1-15-6-3-7-16(12-15)14-23-18-9-4-8-17(13-18)21-19(22)10-5-11-20-2/h3-4,6-9,12-13,20H,5,10-11,14H2,1-2H3,(H,21,22). The molecule has 0 saturated carbocycles. The Morgan fingerprint density at radius 2 is 1.96 bits per heavy atom. The average molecular weight is 312 g/mol. The number of benzene rings is 2. The lowest BCUT2D eigenvalue weighted by molar-refractivity contribution is -0.116. The van der Waals surface area contributed by atoms with Crippen molar-refractivity contribution in [3.05, 3.63) is 59.7 Å². The molecule has 0 atom stereocenters. The number of amides is 1. The number of hydrogen-bond acceptors (Lipinski definition) is 3. The van der Waals surface area contributed by atoms with Crippen LogP contribution in [0.15, 0.2) is 48.5 Å². The van der Waals surface area contributed by atoms with E-state index in [0.29, 0.717) is 13.0 Å². The molecule has 0 aliphatic rings. The molecule has 4 heteroatoms. The monoisotopic (exact) mass is 312 g/mol. The normalized spacial score (nSPS) is 10.3. The topological polar surface area (TPSA) is 50.4 Å². The van der Waals surface area contributed by atoms with Crippen LogP contribution in [0.25, 0.3) is 0 Å². The van der Waals surface area contributed by atoms with E-state index in [2.05, 4.69) is 29.7 Å². The van der Waals surface area contributed by atoms with Crippen LogP contribution in [0.4, 0.5) is 5.69 Å². The van der Waals surface area contributed by atoms with Gasteiger partial charge in [-0.3, -0.25) is 4.79 Å². The van der Waals surface area contributed by atoms with Gasteiger partial charge in [-0.2, -0.15) is 0 Å². The van der Waals surface area contributed by atoms with Crippen LogP contribution in [0.2, 0.25) is 0 Å². The summed E-state index contributed by atoms with van der Waals surface area (Å²) in [5, 5.41) is 5.93. The summed E-state index contributed by atoms with van der Waals surface area (Å²) in [5.41, 5.74) is 3.11. The number of carbonyl (C=O) groups excluding carboxylic acids is 1. The van der Waals surface area contributed by atoms with E-state index in [9.17, 15) is 4.79 Å². The van der Waals surface area contributed by atoms with Crippen LogP contribution in [0.5, 0.6) is 5.75 Å². The Balaban J connectivity index is 1.88. The zero-order valence-corrected chi connectivity index (χ0v) is 13.8. The number of carbonyl (C=O) groups is 1. The first kappa shape index (κ1) is 17.0. The fourth-order valence-corrected chi connectivity index (χ4v) is 2.28. The molecular formula is C19H24N2O2. The van der Waals surface area contributed by atoms with Crippen LogP contribution >= 0.6 is 0 Å². The Bertz CT molecular complexity index is 641. The first-order valence-electron chi connectivity index (χ1n) is 7.90. The predicted molar refractivity (Wildman–Crippen MR) is 93.7 cm³/mol. The van der Waals surface area contributed by atoms with Gasteiger partial charge in [0.15, 0.2) is 0 Å². The van der Waals surface area contributed by atoms with Crippen molar-refractivity contribution in [2.75, 3.05) is 18.9 Å². The van der Waals surface area contributed by atoms with E-state index in [-0.39, 0.29) is 5.91 Å². The van der Waals surface area contributed by atoms with Crippen LogP contribution in [0, 0.1) is 6.92 Å². The maximum absolute atomic E-state index is 11.8. The number of ether oxygens (including phenoxy) is 1. The minimum atomic E-state index is 0.0242. The molecular weight excluding hydrogens is 288 g/mol. The SMILES string of the molecule is CNCCCC(=O)Nc1cccc(OCc2cccc(C)c2)c1. The molecule has 4 nitrogen and oxygen atoms in total. The fourth-order valence-electron chi connectivity index (χ4n) is 2.28. The van der Waals surface area contributed by atoms with Crippen molar-refractivity contribution in [1.29, 1.82) is 0 Å². The Kier molecular flexibility index (Phi) is 6.63. The summed E-state index contributed by atoms with van der Waals surface area (Å²) in [4.78, 5) is 11.8. The summed E-state index contributed by atoms with van der Waals surface area (Å²) in [6, 6.07) is 15.7. The second-order valence-corrected chi connectivity index (χ2v) is 5.56. The number of aryl methyl sites for hydroxylation is 1. The van der Waals surface area contributed by atoms with Crippen molar-refractivity contribution in [3.63, 3.8) is 0 Å². The van der Waals surface area contributed by atoms with E-state index in [1.165, 1.54) is 5.56 Å². The molecule has 0 spiro atoms. The molecule has 1 amide bonds. The van der Waals surface area contributed by atoms with Crippen LogP contribution < -0.4 is 15.4 Å². The fraction of sp³-hybridized carbons (Fsp3) is 0.316. The molecule has 122 valence electrons. The Morgan fingerprint density at radius 3 is 2.74 bits per heavy atom. The maximum Gasteiger partial charge on any atom is 0.224 e. The summed E-state index contributed by atoms with van der Waals surface area (Å²) in [6.07, 6.45) is 1.33. The van der Waals surface area contributed by atoms with E-state index in [1.807, 2.05) is 43.4 Å². The molecule has 0 radical (unpaired) electrons. The summed E-state index contributed by atoms with van der Waals surface area (Å²) >= 11 is 0. The second kappa shape index (κ2) is 8.96. The quantitative estimate of drug-likeness (QED) is 0.733. The van der Waals surface area contributed by atoms with Gasteiger partial charge in [-0.15, -0.1) is 0 Å². The number of anilines is 1. The molecule has 0 aliphatic carbocycles. The minimum absolute atomic E-state index is 0.0242. The van der Waals surface area contributed by atoms with Crippen LogP contribution in [0.3, 0.4) is 0 Å². The van der Waals surface area contributed by atoms with E-state index in [0.717, 1.165) is 30.0 Å². The van der Waals surface area contributed by atoms with Gasteiger partial charge in [0.1, 0.15) is 12.4 Å². The Morgan fingerprint density at radius 1 is 1.13 bits per heavy atom. The lowest BCUT2D eigenvalue weighted by atomic mass is 10.1. The van der Waals surface area contributed by atoms with E-state index in [4.69, 9.17) is 4.74 Å². The number of rotatable bonds is 8. The predicted octanol–water partition coefficient (Wildman–Crippen LogP) is 3.51. The average Bonchev–Trinajstić information content (AvgIpc) is 2.54. The first-order valence-corrected chi connectivity index (χ1v) is 7.90. The van der Waals surface area contributed by atoms with Crippen molar-refractivity contribution in [2.24, 2.45) is 0 Å². The second-order valence-electron chi connectivity index (χ2n) is 5.56. The molecule has 0 aromatic heterocycles. The Hall–Kier alpha value is -2.33. The third-order valence-electron chi connectivity index (χ3n) is 3.44. The van der Waals surface area contributed by atoms with Gasteiger partial charge >= 0.3 is 0 Å². The zero-order chi connectivity index (χ0) is 16.5. The van der Waals surface area contributed by atoms with E-state index in [1.54, 1.807) is 0 Å². The van der Waals surface area contributed by atoms with Gasteiger partial charge in [-0.25, -0.2) is 0 Å². The molecule has 0 fully saturated rings. The van der Waals surface area contributed by atoms with Crippen molar-refractivity contribution >= 4 is 11.6 Å². The van der Waals surface area contributed by atoms with Gasteiger partial charge in [0.05, 0.1) is 0 Å². The number of nitrogens with one attached hydrogen (secondary N) is 2. The van der Waals surface area contributed by atoms with Gasteiger partial charge in [-0.1, -0.05) is 35.9 Å². The summed E-state index contributed by atoms with van der Waals surface area (Å²) in [7, 11) is 1.88. The molecule has 0 saturated heterocycles. The van der Waals surface area contributed by atoms with Gasteiger partial charge in [-0.05, 0) is 44.6 Å². The van der Waals surface area contributed by atoms with Crippen molar-refractivity contribution in [2.45, 2.75) is 26.4 Å². The molecule has 2 aromatic carbocycles. The summed E-state index contributed by atoms with van der Waals surface area (Å²) in [5.74, 6) is 0.774. The van der Waals surface area contributed by atoms with Crippen molar-refractivity contribution < 1.29 is 9.53 Å². The summed E-state index contributed by atoms with van der Waals surface area (Å²) in [6.45, 7) is 3.42.